The van der Waals surface area contributed by atoms with E-state index in [4.69, 9.17) is 0 Å². The molecule has 5 heteroatoms. The summed E-state index contributed by atoms with van der Waals surface area (Å²) < 4.78 is 0. The molecule has 1 saturated heterocycles. The number of unbranched alkanes of at least 4 members (excludes halogenated alkanes) is 2. The van der Waals surface area contributed by atoms with Crippen LogP contribution in [-0.4, -0.2) is 37.6 Å². The summed E-state index contributed by atoms with van der Waals surface area (Å²) in [6.07, 6.45) is 10.9. The number of aliphatic imine (C=N–C) groups is 1. The Labute approximate surface area is 147 Å². The average molecular weight is 332 g/mol. The van der Waals surface area contributed by atoms with E-state index in [2.05, 4.69) is 44.6 Å². The number of rotatable bonds is 7. The normalized spacial score (nSPS) is 15.9. The van der Waals surface area contributed by atoms with E-state index in [9.17, 15) is 0 Å². The summed E-state index contributed by atoms with van der Waals surface area (Å²) in [5.41, 5.74) is 1.25. The third-order valence-electron chi connectivity index (χ3n) is 4.50. The van der Waals surface area contributed by atoms with Crippen LogP contribution in [0.15, 0.2) is 23.3 Å². The number of nitrogens with zero attached hydrogens (tertiary/aromatic N) is 3. The lowest BCUT2D eigenvalue weighted by Crippen LogP contribution is -2.37. The van der Waals surface area contributed by atoms with Crippen LogP contribution in [-0.2, 0) is 6.54 Å². The molecule has 0 aliphatic carbocycles. The number of anilines is 1. The van der Waals surface area contributed by atoms with E-state index in [1.807, 2.05) is 13.2 Å². The predicted molar refractivity (Wildman–Crippen MR) is 103 cm³/mol. The van der Waals surface area contributed by atoms with Crippen molar-refractivity contribution in [3.05, 3.63) is 23.9 Å². The minimum atomic E-state index is 0.775. The smallest absolute Gasteiger partial charge is 0.191 e. The van der Waals surface area contributed by atoms with Crippen molar-refractivity contribution in [2.45, 2.75) is 58.4 Å². The van der Waals surface area contributed by atoms with Gasteiger partial charge in [0.15, 0.2) is 5.96 Å². The number of aromatic nitrogens is 1. The van der Waals surface area contributed by atoms with Gasteiger partial charge in [-0.15, -0.1) is 0 Å². The number of pyridine rings is 1. The van der Waals surface area contributed by atoms with E-state index < -0.39 is 0 Å². The molecule has 2 N–H and O–H groups in total. The van der Waals surface area contributed by atoms with Gasteiger partial charge in [-0.05, 0) is 37.0 Å². The Morgan fingerprint density at radius 1 is 1.17 bits per heavy atom. The first-order valence-corrected chi connectivity index (χ1v) is 9.48. The fourth-order valence-corrected chi connectivity index (χ4v) is 3.03. The van der Waals surface area contributed by atoms with Gasteiger partial charge in [0.2, 0.25) is 0 Å². The Bertz CT molecular complexity index is 492. The van der Waals surface area contributed by atoms with Crippen LogP contribution in [0.4, 0.5) is 5.82 Å². The van der Waals surface area contributed by atoms with Crippen molar-refractivity contribution >= 4 is 11.8 Å². The molecule has 1 aromatic heterocycles. The molecule has 1 aliphatic rings. The van der Waals surface area contributed by atoms with E-state index in [0.29, 0.717) is 0 Å². The summed E-state index contributed by atoms with van der Waals surface area (Å²) in [5, 5.41) is 6.77. The van der Waals surface area contributed by atoms with E-state index in [0.717, 1.165) is 38.0 Å². The summed E-state index contributed by atoms with van der Waals surface area (Å²) >= 11 is 0. The van der Waals surface area contributed by atoms with Crippen molar-refractivity contribution < 1.29 is 0 Å². The molecule has 1 aliphatic heterocycles. The minimum absolute atomic E-state index is 0.775. The van der Waals surface area contributed by atoms with E-state index in [1.54, 1.807) is 0 Å². The Hall–Kier alpha value is -1.78. The maximum atomic E-state index is 4.57. The average Bonchev–Trinajstić information content (AvgIpc) is 2.91. The summed E-state index contributed by atoms with van der Waals surface area (Å²) in [5.74, 6) is 1.99. The zero-order valence-corrected chi connectivity index (χ0v) is 15.4. The molecule has 0 amide bonds. The van der Waals surface area contributed by atoms with Crippen LogP contribution < -0.4 is 15.5 Å². The molecule has 0 aromatic carbocycles. The Morgan fingerprint density at radius 3 is 2.67 bits per heavy atom. The van der Waals surface area contributed by atoms with Crippen LogP contribution in [0, 0.1) is 0 Å². The zero-order chi connectivity index (χ0) is 17.0. The highest BCUT2D eigenvalue weighted by atomic mass is 15.2. The van der Waals surface area contributed by atoms with Gasteiger partial charge >= 0.3 is 0 Å². The summed E-state index contributed by atoms with van der Waals surface area (Å²) in [6, 6.07) is 4.29. The molecule has 2 rings (SSSR count). The Balaban J connectivity index is 1.84. The van der Waals surface area contributed by atoms with Crippen molar-refractivity contribution in [2.24, 2.45) is 4.99 Å². The van der Waals surface area contributed by atoms with Gasteiger partial charge in [-0.25, -0.2) is 4.98 Å². The van der Waals surface area contributed by atoms with Crippen LogP contribution >= 0.6 is 0 Å². The van der Waals surface area contributed by atoms with Crippen molar-refractivity contribution in [3.63, 3.8) is 0 Å². The third kappa shape index (κ3) is 6.38. The maximum Gasteiger partial charge on any atom is 0.191 e. The molecule has 24 heavy (non-hydrogen) atoms. The second-order valence-corrected chi connectivity index (χ2v) is 6.48. The van der Waals surface area contributed by atoms with Crippen molar-refractivity contribution in [1.82, 2.24) is 15.6 Å². The van der Waals surface area contributed by atoms with Crippen molar-refractivity contribution in [1.29, 1.82) is 0 Å². The summed E-state index contributed by atoms with van der Waals surface area (Å²) in [7, 11) is 1.82. The first-order chi connectivity index (χ1) is 11.8. The van der Waals surface area contributed by atoms with Gasteiger partial charge in [-0.3, -0.25) is 4.99 Å². The van der Waals surface area contributed by atoms with Crippen LogP contribution in [0.1, 0.15) is 57.4 Å². The van der Waals surface area contributed by atoms with Gasteiger partial charge < -0.3 is 15.5 Å². The Morgan fingerprint density at radius 2 is 1.96 bits per heavy atom. The van der Waals surface area contributed by atoms with Gasteiger partial charge in [0.25, 0.3) is 0 Å². The van der Waals surface area contributed by atoms with Gasteiger partial charge in [0, 0.05) is 39.4 Å². The monoisotopic (exact) mass is 331 g/mol. The predicted octanol–water partition coefficient (Wildman–Crippen LogP) is 3.32. The molecule has 1 fully saturated rings. The Kier molecular flexibility index (Phi) is 8.42. The third-order valence-corrected chi connectivity index (χ3v) is 4.50. The first-order valence-electron chi connectivity index (χ1n) is 9.48. The van der Waals surface area contributed by atoms with E-state index in [1.165, 1.54) is 50.5 Å². The highest BCUT2D eigenvalue weighted by molar-refractivity contribution is 5.79. The SMILES string of the molecule is CCCCCNC(=NC)NCc1ccnc(N2CCCCCC2)c1. The summed E-state index contributed by atoms with van der Waals surface area (Å²) in [4.78, 5) is 11.3. The standard InChI is InChI=1S/C19H33N5/c1-3-4-7-11-22-19(20-2)23-16-17-10-12-21-18(15-17)24-13-8-5-6-9-14-24/h10,12,15H,3-9,11,13-14,16H2,1-2H3,(H2,20,22,23). The molecule has 0 bridgehead atoms. The first kappa shape index (κ1) is 18.6. The number of hydrogen-bond acceptors (Lipinski definition) is 3. The molecule has 5 nitrogen and oxygen atoms in total. The van der Waals surface area contributed by atoms with Crippen LogP contribution in [0.3, 0.4) is 0 Å². The summed E-state index contributed by atoms with van der Waals surface area (Å²) in [6.45, 7) is 6.23. The molecular weight excluding hydrogens is 298 g/mol. The van der Waals surface area contributed by atoms with E-state index >= 15 is 0 Å². The van der Waals surface area contributed by atoms with Gasteiger partial charge in [-0.2, -0.15) is 0 Å². The fourth-order valence-electron chi connectivity index (χ4n) is 3.03. The van der Waals surface area contributed by atoms with Crippen molar-refractivity contribution in [2.75, 3.05) is 31.6 Å². The van der Waals surface area contributed by atoms with Crippen LogP contribution in [0.2, 0.25) is 0 Å². The lowest BCUT2D eigenvalue weighted by molar-refractivity contribution is 0.682. The molecule has 0 unspecified atom stereocenters. The molecule has 0 radical (unpaired) electrons. The van der Waals surface area contributed by atoms with Crippen molar-refractivity contribution in [3.8, 4) is 0 Å². The van der Waals surface area contributed by atoms with E-state index in [-0.39, 0.29) is 0 Å². The molecule has 0 atom stereocenters. The topological polar surface area (TPSA) is 52.6 Å². The second-order valence-electron chi connectivity index (χ2n) is 6.48. The molecular formula is C19H33N5. The highest BCUT2D eigenvalue weighted by Gasteiger charge is 2.11. The molecule has 0 saturated carbocycles. The molecule has 134 valence electrons. The molecule has 0 spiro atoms. The fraction of sp³-hybridized carbons (Fsp3) is 0.684. The minimum Gasteiger partial charge on any atom is -0.357 e. The molecule has 1 aromatic rings. The van der Waals surface area contributed by atoms with Crippen LogP contribution in [0.5, 0.6) is 0 Å². The number of hydrogen-bond donors (Lipinski definition) is 2. The van der Waals surface area contributed by atoms with Gasteiger partial charge in [-0.1, -0.05) is 32.6 Å². The van der Waals surface area contributed by atoms with Gasteiger partial charge in [0.05, 0.1) is 0 Å². The van der Waals surface area contributed by atoms with Crippen LogP contribution in [0.25, 0.3) is 0 Å². The number of nitrogens with one attached hydrogen (secondary N) is 2. The highest BCUT2D eigenvalue weighted by Crippen LogP contribution is 2.18. The lowest BCUT2D eigenvalue weighted by Gasteiger charge is -2.22. The second kappa shape index (κ2) is 10.9. The zero-order valence-electron chi connectivity index (χ0n) is 15.4. The number of guanidine groups is 1. The maximum absolute atomic E-state index is 4.57. The lowest BCUT2D eigenvalue weighted by atomic mass is 10.2. The molecule has 2 heterocycles. The quantitative estimate of drug-likeness (QED) is 0.457. The van der Waals surface area contributed by atoms with Gasteiger partial charge in [0.1, 0.15) is 5.82 Å². The largest absolute Gasteiger partial charge is 0.357 e.